The van der Waals surface area contributed by atoms with E-state index in [4.69, 9.17) is 0 Å². The number of ketones is 2. The van der Waals surface area contributed by atoms with Gasteiger partial charge < -0.3 is 5.11 Å². The lowest BCUT2D eigenvalue weighted by molar-refractivity contribution is -0.139. The van der Waals surface area contributed by atoms with Gasteiger partial charge in [-0.15, -0.1) is 0 Å². The quantitative estimate of drug-likeness (QED) is 0.797. The van der Waals surface area contributed by atoms with Crippen molar-refractivity contribution in [3.8, 4) is 5.75 Å². The van der Waals surface area contributed by atoms with E-state index in [9.17, 15) is 14.7 Å². The maximum Gasteiger partial charge on any atom is 0.141 e. The number of hydrogen-bond acceptors (Lipinski definition) is 3. The van der Waals surface area contributed by atoms with Crippen molar-refractivity contribution in [3.05, 3.63) is 29.3 Å². The molecule has 3 aliphatic carbocycles. The zero-order chi connectivity index (χ0) is 14.8. The Morgan fingerprint density at radius 2 is 2.00 bits per heavy atom. The van der Waals surface area contributed by atoms with Crippen molar-refractivity contribution in [3.63, 3.8) is 0 Å². The van der Waals surface area contributed by atoms with Crippen LogP contribution in [0.4, 0.5) is 0 Å². The molecule has 1 aromatic carbocycles. The van der Waals surface area contributed by atoms with Crippen LogP contribution in [0.2, 0.25) is 0 Å². The molecular formula is C18H20O3. The first-order valence-electron chi connectivity index (χ1n) is 7.88. The van der Waals surface area contributed by atoms with E-state index in [1.165, 1.54) is 0 Å². The predicted molar refractivity (Wildman–Crippen MR) is 78.1 cm³/mol. The van der Waals surface area contributed by atoms with E-state index < -0.39 is 5.41 Å². The third kappa shape index (κ3) is 1.66. The number of phenolic OH excluding ortho intramolecular Hbond substituents is 1. The maximum absolute atomic E-state index is 12.8. The molecule has 0 aliphatic heterocycles. The number of rotatable bonds is 0. The second-order valence-corrected chi connectivity index (χ2v) is 7.19. The fourth-order valence-corrected chi connectivity index (χ4v) is 5.16. The van der Waals surface area contributed by atoms with Crippen LogP contribution in [0.5, 0.6) is 5.75 Å². The molecule has 3 aliphatic rings. The van der Waals surface area contributed by atoms with Gasteiger partial charge >= 0.3 is 0 Å². The Balaban J connectivity index is 1.80. The fraction of sp³-hybridized carbons (Fsp3) is 0.556. The Kier molecular flexibility index (Phi) is 2.60. The summed E-state index contributed by atoms with van der Waals surface area (Å²) in [4.78, 5) is 25.0. The number of benzene rings is 1. The number of carbonyl (C=O) groups excluding carboxylic acids is 2. The summed E-state index contributed by atoms with van der Waals surface area (Å²) in [5.41, 5.74) is 1.79. The topological polar surface area (TPSA) is 54.4 Å². The fourth-order valence-electron chi connectivity index (χ4n) is 5.16. The molecule has 0 heterocycles. The molecule has 2 saturated carbocycles. The number of Topliss-reactive ketones (excluding diaryl/α,β-unsaturated/α-hetero) is 2. The van der Waals surface area contributed by atoms with Gasteiger partial charge in [0.15, 0.2) is 0 Å². The SMILES string of the molecule is C[C@]12CC(=O)C3c4ccc(O)cc4CCC3C1CCC2=O. The summed E-state index contributed by atoms with van der Waals surface area (Å²) in [6, 6.07) is 5.40. The first kappa shape index (κ1) is 13.1. The minimum absolute atomic E-state index is 0.0571. The van der Waals surface area contributed by atoms with Gasteiger partial charge in [-0.3, -0.25) is 9.59 Å². The molecule has 0 saturated heterocycles. The first-order valence-corrected chi connectivity index (χ1v) is 7.88. The summed E-state index contributed by atoms with van der Waals surface area (Å²) in [6.07, 6.45) is 3.84. The van der Waals surface area contributed by atoms with Crippen LogP contribution < -0.4 is 0 Å². The van der Waals surface area contributed by atoms with E-state index in [1.807, 2.05) is 13.0 Å². The van der Waals surface area contributed by atoms with Crippen molar-refractivity contribution >= 4 is 11.6 Å². The predicted octanol–water partition coefficient (Wildman–Crippen LogP) is 3.00. The molecule has 3 nitrogen and oxygen atoms in total. The minimum Gasteiger partial charge on any atom is -0.508 e. The monoisotopic (exact) mass is 284 g/mol. The Labute approximate surface area is 124 Å². The Bertz CT molecular complexity index is 648. The molecule has 2 fully saturated rings. The molecule has 0 amide bonds. The zero-order valence-corrected chi connectivity index (χ0v) is 12.3. The molecule has 0 bridgehead atoms. The van der Waals surface area contributed by atoms with Gasteiger partial charge in [0.2, 0.25) is 0 Å². The molecule has 1 N–H and O–H groups in total. The Morgan fingerprint density at radius 3 is 2.81 bits per heavy atom. The minimum atomic E-state index is -0.410. The number of aryl methyl sites for hydroxylation is 1. The van der Waals surface area contributed by atoms with Crippen LogP contribution in [0.25, 0.3) is 0 Å². The van der Waals surface area contributed by atoms with Gasteiger partial charge in [0.1, 0.15) is 17.3 Å². The first-order chi connectivity index (χ1) is 10.0. The van der Waals surface area contributed by atoms with Crippen LogP contribution in [-0.4, -0.2) is 16.7 Å². The molecule has 0 radical (unpaired) electrons. The normalized spacial score (nSPS) is 37.9. The van der Waals surface area contributed by atoms with E-state index in [2.05, 4.69) is 0 Å². The molecule has 110 valence electrons. The van der Waals surface area contributed by atoms with Gasteiger partial charge in [-0.25, -0.2) is 0 Å². The molecule has 3 unspecified atom stereocenters. The highest BCUT2D eigenvalue weighted by molar-refractivity contribution is 5.97. The van der Waals surface area contributed by atoms with Gasteiger partial charge in [-0.2, -0.15) is 0 Å². The highest BCUT2D eigenvalue weighted by atomic mass is 16.3. The number of hydrogen-bond donors (Lipinski definition) is 1. The molecule has 0 spiro atoms. The number of fused-ring (bicyclic) bond motifs is 5. The van der Waals surface area contributed by atoms with Gasteiger partial charge in [-0.1, -0.05) is 13.0 Å². The summed E-state index contributed by atoms with van der Waals surface area (Å²) in [5.74, 6) is 1.39. The van der Waals surface area contributed by atoms with Gasteiger partial charge in [-0.05, 0) is 54.4 Å². The van der Waals surface area contributed by atoms with E-state index in [1.54, 1.807) is 12.1 Å². The van der Waals surface area contributed by atoms with Crippen LogP contribution in [0.1, 0.15) is 49.7 Å². The molecule has 0 aromatic heterocycles. The lowest BCUT2D eigenvalue weighted by Crippen LogP contribution is -2.47. The standard InChI is InChI=1S/C18H20O3/c1-18-9-15(20)17-12-5-3-11(19)8-10(12)2-4-13(17)14(18)6-7-16(18)21/h3,5,8,13-14,17,19H,2,4,6-7,9H2,1H3/t13?,14?,17?,18-/m0/s1. The molecule has 21 heavy (non-hydrogen) atoms. The van der Waals surface area contributed by atoms with Crippen molar-refractivity contribution in [2.45, 2.75) is 44.9 Å². The van der Waals surface area contributed by atoms with E-state index >= 15 is 0 Å². The number of aromatic hydroxyl groups is 1. The van der Waals surface area contributed by atoms with Crippen molar-refractivity contribution in [2.24, 2.45) is 17.3 Å². The van der Waals surface area contributed by atoms with Crippen LogP contribution >= 0.6 is 0 Å². The molecule has 4 atom stereocenters. The van der Waals surface area contributed by atoms with E-state index in [-0.39, 0.29) is 23.2 Å². The molecule has 4 rings (SSSR count). The largest absolute Gasteiger partial charge is 0.508 e. The van der Waals surface area contributed by atoms with E-state index in [0.29, 0.717) is 24.7 Å². The summed E-state index contributed by atoms with van der Waals surface area (Å²) < 4.78 is 0. The molecular weight excluding hydrogens is 264 g/mol. The summed E-state index contributed by atoms with van der Waals surface area (Å²) >= 11 is 0. The molecule has 1 aromatic rings. The highest BCUT2D eigenvalue weighted by Crippen LogP contribution is 2.58. The van der Waals surface area contributed by atoms with Crippen LogP contribution in [-0.2, 0) is 16.0 Å². The average molecular weight is 284 g/mol. The second-order valence-electron chi connectivity index (χ2n) is 7.19. The third-order valence-corrected chi connectivity index (χ3v) is 6.18. The highest BCUT2D eigenvalue weighted by Gasteiger charge is 2.57. The van der Waals surface area contributed by atoms with Gasteiger partial charge in [0.25, 0.3) is 0 Å². The average Bonchev–Trinajstić information content (AvgIpc) is 2.74. The maximum atomic E-state index is 12.8. The third-order valence-electron chi connectivity index (χ3n) is 6.18. The second kappa shape index (κ2) is 4.19. The smallest absolute Gasteiger partial charge is 0.141 e. The van der Waals surface area contributed by atoms with Crippen LogP contribution in [0.15, 0.2) is 18.2 Å². The summed E-state index contributed by atoms with van der Waals surface area (Å²) in [6.45, 7) is 2.01. The number of phenols is 1. The Hall–Kier alpha value is -1.64. The van der Waals surface area contributed by atoms with Crippen LogP contribution in [0, 0.1) is 17.3 Å². The van der Waals surface area contributed by atoms with E-state index in [0.717, 1.165) is 30.4 Å². The zero-order valence-electron chi connectivity index (χ0n) is 12.3. The number of carbonyl (C=O) groups is 2. The van der Waals surface area contributed by atoms with Gasteiger partial charge in [0, 0.05) is 24.2 Å². The van der Waals surface area contributed by atoms with Crippen molar-refractivity contribution in [1.82, 2.24) is 0 Å². The molecule has 3 heteroatoms. The lowest BCUT2D eigenvalue weighted by atomic mass is 9.55. The van der Waals surface area contributed by atoms with Crippen LogP contribution in [0.3, 0.4) is 0 Å². The van der Waals surface area contributed by atoms with Crippen molar-refractivity contribution < 1.29 is 14.7 Å². The summed E-state index contributed by atoms with van der Waals surface area (Å²) in [7, 11) is 0. The summed E-state index contributed by atoms with van der Waals surface area (Å²) in [5, 5.41) is 9.65. The van der Waals surface area contributed by atoms with Gasteiger partial charge in [0.05, 0.1) is 0 Å². The van der Waals surface area contributed by atoms with Crippen molar-refractivity contribution in [1.29, 1.82) is 0 Å². The van der Waals surface area contributed by atoms with Crippen molar-refractivity contribution in [2.75, 3.05) is 0 Å². The lowest BCUT2D eigenvalue weighted by Gasteiger charge is -2.47. The Morgan fingerprint density at radius 1 is 1.19 bits per heavy atom.